The number of aromatic hydroxyl groups is 1. The molecule has 1 aliphatic heterocycles. The third-order valence-corrected chi connectivity index (χ3v) is 11.4. The Morgan fingerprint density at radius 1 is 1.09 bits per heavy atom. The number of phenolic OH excluding ortho intramolecular Hbond substituents is 1. The third-order valence-electron chi connectivity index (χ3n) is 11.4. The van der Waals surface area contributed by atoms with Gasteiger partial charge < -0.3 is 25.0 Å². The Labute approximate surface area is 266 Å². The number of nitrogens with one attached hydrogen (secondary N) is 2. The molecule has 6 unspecified atom stereocenters. The lowest BCUT2D eigenvalue weighted by Gasteiger charge is -2.39. The number of carbonyl (C=O) groups is 2. The van der Waals surface area contributed by atoms with Gasteiger partial charge in [0.25, 0.3) is 0 Å². The summed E-state index contributed by atoms with van der Waals surface area (Å²) in [5, 5.41) is 13.6. The summed E-state index contributed by atoms with van der Waals surface area (Å²) < 4.78 is 4.79. The first-order valence-corrected chi connectivity index (χ1v) is 16.9. The van der Waals surface area contributed by atoms with Gasteiger partial charge in [-0.05, 0) is 121 Å². The molecule has 4 aliphatic carbocycles. The number of aromatic amines is 1. The minimum absolute atomic E-state index is 0.0786. The van der Waals surface area contributed by atoms with E-state index in [0.717, 1.165) is 43.6 Å². The maximum absolute atomic E-state index is 13.6. The minimum Gasteiger partial charge on any atom is -0.508 e. The van der Waals surface area contributed by atoms with Gasteiger partial charge in [0.05, 0.1) is 25.0 Å². The van der Waals surface area contributed by atoms with Crippen molar-refractivity contribution in [2.75, 3.05) is 13.7 Å². The lowest BCUT2D eigenvalue weighted by atomic mass is 9.65. The molecule has 8 heteroatoms. The molecule has 8 nitrogen and oxygen atoms in total. The van der Waals surface area contributed by atoms with Crippen LogP contribution in [0.15, 0.2) is 42.6 Å². The molecule has 2 heterocycles. The summed E-state index contributed by atoms with van der Waals surface area (Å²) in [6.45, 7) is 9.17. The number of likely N-dealkylation sites (tertiary alicyclic amines) is 1. The maximum atomic E-state index is 13.6. The van der Waals surface area contributed by atoms with Crippen LogP contribution in [-0.4, -0.2) is 51.7 Å². The average Bonchev–Trinajstić information content (AvgIpc) is 3.83. The van der Waals surface area contributed by atoms with Crippen molar-refractivity contribution in [1.82, 2.24) is 20.2 Å². The number of hydrogen-bond acceptors (Lipinski definition) is 5. The fraction of sp³-hybridized carbons (Fsp3) is 0.541. The first-order chi connectivity index (χ1) is 21.7. The smallest absolute Gasteiger partial charge is 0.407 e. The number of rotatable bonds is 6. The number of ether oxygens (including phenoxy) is 1. The summed E-state index contributed by atoms with van der Waals surface area (Å²) in [7, 11) is 1.31. The molecule has 0 radical (unpaired) electrons. The molecule has 238 valence electrons. The van der Waals surface area contributed by atoms with Gasteiger partial charge in [-0.2, -0.15) is 0 Å². The number of methoxy groups -OCH3 is 1. The van der Waals surface area contributed by atoms with Crippen molar-refractivity contribution in [2.45, 2.75) is 95.6 Å². The van der Waals surface area contributed by atoms with Gasteiger partial charge >= 0.3 is 6.09 Å². The number of imidazole rings is 1. The third kappa shape index (κ3) is 5.20. The van der Waals surface area contributed by atoms with E-state index in [9.17, 15) is 14.7 Å². The van der Waals surface area contributed by atoms with E-state index in [1.165, 1.54) is 66.2 Å². The van der Waals surface area contributed by atoms with Gasteiger partial charge in [-0.1, -0.05) is 38.6 Å². The van der Waals surface area contributed by atoms with Crippen LogP contribution in [0, 0.1) is 17.8 Å². The molecule has 3 fully saturated rings. The number of H-pyrrole nitrogens is 1. The molecular weight excluding hydrogens is 564 g/mol. The van der Waals surface area contributed by atoms with Crippen LogP contribution in [0.4, 0.5) is 4.79 Å². The van der Waals surface area contributed by atoms with Crippen molar-refractivity contribution >= 4 is 23.1 Å². The Bertz CT molecular complexity index is 1580. The van der Waals surface area contributed by atoms with Crippen LogP contribution in [0.3, 0.4) is 0 Å². The van der Waals surface area contributed by atoms with Gasteiger partial charge in [0.2, 0.25) is 5.91 Å². The highest BCUT2D eigenvalue weighted by Gasteiger charge is 2.42. The van der Waals surface area contributed by atoms with E-state index >= 15 is 0 Å². The van der Waals surface area contributed by atoms with Gasteiger partial charge in [-0.25, -0.2) is 9.78 Å². The first kappa shape index (κ1) is 29.9. The lowest BCUT2D eigenvalue weighted by Crippen LogP contribution is -2.51. The van der Waals surface area contributed by atoms with Gasteiger partial charge in [-0.3, -0.25) is 4.79 Å². The number of nitrogens with zero attached hydrogens (tertiary/aromatic N) is 2. The second-order valence-electron chi connectivity index (χ2n) is 14.2. The molecule has 1 saturated heterocycles. The number of carbonyl (C=O) groups excluding carboxylic acids is 2. The van der Waals surface area contributed by atoms with E-state index in [2.05, 4.69) is 35.1 Å². The number of fused-ring (bicyclic) bond motifs is 6. The quantitative estimate of drug-likeness (QED) is 0.317. The fourth-order valence-corrected chi connectivity index (χ4v) is 8.87. The van der Waals surface area contributed by atoms with Gasteiger partial charge in [-0.15, -0.1) is 0 Å². The largest absolute Gasteiger partial charge is 0.508 e. The Morgan fingerprint density at radius 3 is 2.62 bits per heavy atom. The minimum atomic E-state index is -0.659. The number of benzene rings is 1. The average molecular weight is 611 g/mol. The fourth-order valence-electron chi connectivity index (χ4n) is 8.87. The molecule has 1 aromatic carbocycles. The molecule has 6 atom stereocenters. The molecule has 45 heavy (non-hydrogen) atoms. The van der Waals surface area contributed by atoms with Crippen molar-refractivity contribution in [3.8, 4) is 5.75 Å². The summed E-state index contributed by atoms with van der Waals surface area (Å²) in [6, 6.07) is 3.21. The van der Waals surface area contributed by atoms with Crippen molar-refractivity contribution in [3.05, 3.63) is 70.8 Å². The van der Waals surface area contributed by atoms with Crippen LogP contribution in [0.5, 0.6) is 5.75 Å². The van der Waals surface area contributed by atoms with Crippen LogP contribution in [0.2, 0.25) is 0 Å². The van der Waals surface area contributed by atoms with E-state index in [0.29, 0.717) is 36.0 Å². The van der Waals surface area contributed by atoms with Crippen molar-refractivity contribution in [3.63, 3.8) is 0 Å². The van der Waals surface area contributed by atoms with E-state index in [1.807, 2.05) is 31.0 Å². The molecule has 2 saturated carbocycles. The van der Waals surface area contributed by atoms with E-state index in [1.54, 1.807) is 0 Å². The van der Waals surface area contributed by atoms with Gasteiger partial charge in [0.1, 0.15) is 17.6 Å². The van der Waals surface area contributed by atoms with Crippen LogP contribution in [-0.2, 0) is 9.53 Å². The SMILES string of the molecule is C=C1/C(c2ccc(O)c3c2C2CCC3C2)=C\C=C(\c2cnc(C3CCCN3C(=O)C(NC(=O)OC)C(C)C)[nH]2)CCC2CCC12. The van der Waals surface area contributed by atoms with E-state index in [-0.39, 0.29) is 17.9 Å². The zero-order valence-electron chi connectivity index (χ0n) is 26.8. The van der Waals surface area contributed by atoms with E-state index < -0.39 is 12.1 Å². The number of amides is 2. The Morgan fingerprint density at radius 2 is 1.89 bits per heavy atom. The predicted octanol–water partition coefficient (Wildman–Crippen LogP) is 7.37. The van der Waals surface area contributed by atoms with Crippen molar-refractivity contribution in [1.29, 1.82) is 0 Å². The van der Waals surface area contributed by atoms with Crippen LogP contribution in [0.25, 0.3) is 11.1 Å². The highest BCUT2D eigenvalue weighted by molar-refractivity contribution is 5.87. The maximum Gasteiger partial charge on any atom is 0.407 e. The summed E-state index contributed by atoms with van der Waals surface area (Å²) in [6.07, 6.45) is 15.6. The zero-order valence-corrected chi connectivity index (χ0v) is 26.8. The first-order valence-electron chi connectivity index (χ1n) is 16.9. The lowest BCUT2D eigenvalue weighted by molar-refractivity contribution is -0.135. The highest BCUT2D eigenvalue weighted by Crippen LogP contribution is 2.59. The molecule has 3 N–H and O–H groups in total. The molecule has 2 bridgehead atoms. The molecule has 2 aromatic rings. The summed E-state index contributed by atoms with van der Waals surface area (Å²) in [5.41, 5.74) is 8.47. The van der Waals surface area contributed by atoms with Crippen LogP contribution >= 0.6 is 0 Å². The highest BCUT2D eigenvalue weighted by atomic mass is 16.5. The monoisotopic (exact) mass is 610 g/mol. The Balaban J connectivity index is 1.20. The molecule has 7 rings (SSSR count). The molecule has 5 aliphatic rings. The van der Waals surface area contributed by atoms with Crippen LogP contribution < -0.4 is 5.32 Å². The predicted molar refractivity (Wildman–Crippen MR) is 174 cm³/mol. The normalized spacial score (nSPS) is 30.2. The summed E-state index contributed by atoms with van der Waals surface area (Å²) in [5.74, 6) is 3.19. The van der Waals surface area contributed by atoms with Gasteiger partial charge in [0, 0.05) is 12.1 Å². The molecule has 1 aromatic heterocycles. The zero-order chi connectivity index (χ0) is 31.4. The van der Waals surface area contributed by atoms with Crippen molar-refractivity contribution in [2.24, 2.45) is 17.8 Å². The summed E-state index contributed by atoms with van der Waals surface area (Å²) in [4.78, 5) is 35.9. The molecule has 2 amide bonds. The number of hydrogen-bond donors (Lipinski definition) is 3. The number of aromatic nitrogens is 2. The van der Waals surface area contributed by atoms with Gasteiger partial charge in [0.15, 0.2) is 0 Å². The number of alkyl carbamates (subject to hydrolysis) is 1. The summed E-state index contributed by atoms with van der Waals surface area (Å²) >= 11 is 0. The molecule has 0 spiro atoms. The second-order valence-corrected chi connectivity index (χ2v) is 14.2. The Hall–Kier alpha value is -3.81. The van der Waals surface area contributed by atoms with E-state index in [4.69, 9.17) is 9.72 Å². The van der Waals surface area contributed by atoms with Crippen LogP contribution in [0.1, 0.15) is 118 Å². The number of allylic oxidation sites excluding steroid dienone is 5. The standard InChI is InChI=1S/C37H46N4O4/c1-20(2)34(40-37(44)45-4)36(43)41-17-5-6-30(41)35-38-19-29(39-35)23-8-7-22-11-13-26(22)21(3)27(14-12-23)28-15-16-31(42)33-25-10-9-24(18-25)32(28)33/h12,14-16,19-20,22,24-26,30,34,42H,3,5-11,13,17-18H2,1-2,4H3,(H,38,39)(H,40,44)/b23-12+,27-14+. The second kappa shape index (κ2) is 11.8. The number of phenols is 1. The Kier molecular flexibility index (Phi) is 7.86. The molecular formula is C37H46N4O4. The van der Waals surface area contributed by atoms with Crippen molar-refractivity contribution < 1.29 is 19.4 Å². The topological polar surface area (TPSA) is 108 Å².